The lowest BCUT2D eigenvalue weighted by Crippen LogP contribution is -2.32. The highest BCUT2D eigenvalue weighted by Crippen LogP contribution is 2.25. The van der Waals surface area contributed by atoms with Gasteiger partial charge < -0.3 is 10.2 Å². The van der Waals surface area contributed by atoms with Crippen molar-refractivity contribution in [3.63, 3.8) is 0 Å². The van der Waals surface area contributed by atoms with Gasteiger partial charge in [-0.2, -0.15) is 4.98 Å². The number of hydrogen-bond donors (Lipinski definition) is 1. The Morgan fingerprint density at radius 1 is 1.07 bits per heavy atom. The average Bonchev–Trinajstić information content (AvgIpc) is 2.69. The fourth-order valence-corrected chi connectivity index (χ4v) is 3.44. The normalized spacial score (nSPS) is 13.4. The Kier molecular flexibility index (Phi) is 4.75. The summed E-state index contributed by atoms with van der Waals surface area (Å²) < 4.78 is 13.4. The van der Waals surface area contributed by atoms with E-state index in [4.69, 9.17) is 9.97 Å². The molecule has 4 rings (SSSR count). The van der Waals surface area contributed by atoms with Crippen molar-refractivity contribution < 1.29 is 4.39 Å². The number of nitrogens with zero attached hydrogens (tertiary/aromatic N) is 3. The highest BCUT2D eigenvalue weighted by atomic mass is 19.1. The molecule has 0 unspecified atom stereocenters. The van der Waals surface area contributed by atoms with Crippen LogP contribution in [0.3, 0.4) is 0 Å². The second kappa shape index (κ2) is 7.35. The number of anilines is 3. The third-order valence-electron chi connectivity index (χ3n) is 4.99. The monoisotopic (exact) mass is 362 g/mol. The molecule has 4 nitrogen and oxygen atoms in total. The first-order chi connectivity index (χ1) is 13.1. The van der Waals surface area contributed by atoms with Gasteiger partial charge in [-0.25, -0.2) is 9.37 Å². The van der Waals surface area contributed by atoms with Crippen LogP contribution < -0.4 is 10.2 Å². The highest BCUT2D eigenvalue weighted by molar-refractivity contribution is 5.61. The molecule has 0 fully saturated rings. The molecule has 0 spiro atoms. The van der Waals surface area contributed by atoms with E-state index in [0.29, 0.717) is 0 Å². The van der Waals surface area contributed by atoms with Crippen LogP contribution in [-0.4, -0.2) is 16.5 Å². The van der Waals surface area contributed by atoms with Crippen LogP contribution in [-0.2, 0) is 19.4 Å². The molecule has 5 heteroatoms. The Hall–Kier alpha value is -2.95. The van der Waals surface area contributed by atoms with Gasteiger partial charge in [0.25, 0.3) is 0 Å². The lowest BCUT2D eigenvalue weighted by atomic mass is 10.0. The molecule has 1 aliphatic rings. The molecule has 1 N–H and O–H groups in total. The van der Waals surface area contributed by atoms with E-state index in [1.807, 2.05) is 13.0 Å². The Morgan fingerprint density at radius 2 is 1.89 bits per heavy atom. The lowest BCUT2D eigenvalue weighted by Gasteiger charge is -2.29. The van der Waals surface area contributed by atoms with E-state index in [9.17, 15) is 4.39 Å². The third-order valence-corrected chi connectivity index (χ3v) is 4.99. The minimum absolute atomic E-state index is 0.234. The van der Waals surface area contributed by atoms with Gasteiger partial charge in [0.15, 0.2) is 0 Å². The smallest absolute Gasteiger partial charge is 0.227 e. The summed E-state index contributed by atoms with van der Waals surface area (Å²) >= 11 is 0. The van der Waals surface area contributed by atoms with Gasteiger partial charge >= 0.3 is 0 Å². The number of aryl methyl sites for hydroxylation is 2. The SMILES string of the molecule is CCc1cc(Nc2ccc(F)cc2C)nc(N2CCc3ccccc3C2)n1. The molecular formula is C22H23FN4. The molecule has 1 aliphatic heterocycles. The summed E-state index contributed by atoms with van der Waals surface area (Å²) in [5.41, 5.74) is 5.42. The topological polar surface area (TPSA) is 41.1 Å². The summed E-state index contributed by atoms with van der Waals surface area (Å²) in [5, 5.41) is 3.33. The van der Waals surface area contributed by atoms with Gasteiger partial charge in [-0.1, -0.05) is 31.2 Å². The van der Waals surface area contributed by atoms with Gasteiger partial charge in [-0.05, 0) is 54.7 Å². The van der Waals surface area contributed by atoms with Gasteiger partial charge in [0.05, 0.1) is 0 Å². The molecule has 2 heterocycles. The van der Waals surface area contributed by atoms with E-state index in [-0.39, 0.29) is 5.82 Å². The maximum absolute atomic E-state index is 13.4. The van der Waals surface area contributed by atoms with Crippen LogP contribution in [0, 0.1) is 12.7 Å². The van der Waals surface area contributed by atoms with E-state index in [0.717, 1.165) is 54.6 Å². The zero-order chi connectivity index (χ0) is 18.8. The minimum atomic E-state index is -0.234. The van der Waals surface area contributed by atoms with E-state index >= 15 is 0 Å². The van der Waals surface area contributed by atoms with Crippen LogP contribution in [0.15, 0.2) is 48.5 Å². The molecule has 0 radical (unpaired) electrons. The fourth-order valence-electron chi connectivity index (χ4n) is 3.44. The van der Waals surface area contributed by atoms with Crippen molar-refractivity contribution in [3.05, 3.63) is 76.7 Å². The Balaban J connectivity index is 1.63. The van der Waals surface area contributed by atoms with Crippen molar-refractivity contribution in [1.29, 1.82) is 0 Å². The molecule has 0 bridgehead atoms. The largest absolute Gasteiger partial charge is 0.340 e. The van der Waals surface area contributed by atoms with Crippen molar-refractivity contribution in [1.82, 2.24) is 9.97 Å². The standard InChI is InChI=1S/C22H23FN4/c1-3-19-13-21(25-20-9-8-18(23)12-15(20)2)26-22(24-19)27-11-10-16-6-4-5-7-17(16)14-27/h4-9,12-13H,3,10-11,14H2,1-2H3,(H,24,25,26). The molecule has 138 valence electrons. The summed E-state index contributed by atoms with van der Waals surface area (Å²) in [5.74, 6) is 1.25. The number of fused-ring (bicyclic) bond motifs is 1. The van der Waals surface area contributed by atoms with Gasteiger partial charge in [0, 0.05) is 30.5 Å². The number of nitrogens with one attached hydrogen (secondary N) is 1. The van der Waals surface area contributed by atoms with Crippen molar-refractivity contribution >= 4 is 17.5 Å². The fraction of sp³-hybridized carbons (Fsp3) is 0.273. The van der Waals surface area contributed by atoms with E-state index in [1.165, 1.54) is 23.3 Å². The first-order valence-corrected chi connectivity index (χ1v) is 9.35. The zero-order valence-electron chi connectivity index (χ0n) is 15.7. The van der Waals surface area contributed by atoms with Gasteiger partial charge in [-0.3, -0.25) is 0 Å². The molecule has 1 aromatic heterocycles. The number of benzene rings is 2. The molecule has 3 aromatic rings. The van der Waals surface area contributed by atoms with Crippen molar-refractivity contribution in [3.8, 4) is 0 Å². The summed E-state index contributed by atoms with van der Waals surface area (Å²) in [6.45, 7) is 5.69. The second-order valence-electron chi connectivity index (χ2n) is 6.92. The van der Waals surface area contributed by atoms with Crippen molar-refractivity contribution in [2.45, 2.75) is 33.2 Å². The first-order valence-electron chi connectivity index (χ1n) is 9.35. The van der Waals surface area contributed by atoms with Crippen LogP contribution in [0.4, 0.5) is 21.8 Å². The van der Waals surface area contributed by atoms with Crippen LogP contribution in [0.1, 0.15) is 29.3 Å². The molecule has 0 amide bonds. The number of halogens is 1. The Morgan fingerprint density at radius 3 is 2.67 bits per heavy atom. The molecule has 0 saturated heterocycles. The minimum Gasteiger partial charge on any atom is -0.340 e. The van der Waals surface area contributed by atoms with Crippen LogP contribution in [0.5, 0.6) is 0 Å². The van der Waals surface area contributed by atoms with Crippen molar-refractivity contribution in [2.24, 2.45) is 0 Å². The molecule has 0 aliphatic carbocycles. The van der Waals surface area contributed by atoms with Crippen molar-refractivity contribution in [2.75, 3.05) is 16.8 Å². The molecule has 0 saturated carbocycles. The predicted molar refractivity (Wildman–Crippen MR) is 107 cm³/mol. The lowest BCUT2D eigenvalue weighted by molar-refractivity contribution is 0.627. The maximum atomic E-state index is 13.4. The Bertz CT molecular complexity index is 970. The Labute approximate surface area is 159 Å². The van der Waals surface area contributed by atoms with Crippen LogP contribution in [0.25, 0.3) is 0 Å². The van der Waals surface area contributed by atoms with E-state index in [2.05, 4.69) is 41.4 Å². The first kappa shape index (κ1) is 17.5. The van der Waals surface area contributed by atoms with Crippen LogP contribution >= 0.6 is 0 Å². The van der Waals surface area contributed by atoms with Crippen LogP contribution in [0.2, 0.25) is 0 Å². The number of hydrogen-bond acceptors (Lipinski definition) is 4. The number of aromatic nitrogens is 2. The van der Waals surface area contributed by atoms with E-state index in [1.54, 1.807) is 6.07 Å². The maximum Gasteiger partial charge on any atom is 0.227 e. The van der Waals surface area contributed by atoms with Gasteiger partial charge in [0.1, 0.15) is 11.6 Å². The average molecular weight is 362 g/mol. The molecular weight excluding hydrogens is 339 g/mol. The summed E-state index contributed by atoms with van der Waals surface area (Å²) in [7, 11) is 0. The summed E-state index contributed by atoms with van der Waals surface area (Å²) in [4.78, 5) is 11.7. The van der Waals surface area contributed by atoms with E-state index < -0.39 is 0 Å². The molecule has 27 heavy (non-hydrogen) atoms. The summed E-state index contributed by atoms with van der Waals surface area (Å²) in [6.07, 6.45) is 1.83. The zero-order valence-corrected chi connectivity index (χ0v) is 15.7. The second-order valence-corrected chi connectivity index (χ2v) is 6.92. The molecule has 0 atom stereocenters. The quantitative estimate of drug-likeness (QED) is 0.724. The highest BCUT2D eigenvalue weighted by Gasteiger charge is 2.19. The summed E-state index contributed by atoms with van der Waals surface area (Å²) in [6, 6.07) is 15.2. The third kappa shape index (κ3) is 3.77. The number of rotatable bonds is 4. The predicted octanol–water partition coefficient (Wildman–Crippen LogP) is 4.79. The van der Waals surface area contributed by atoms with Gasteiger partial charge in [0.2, 0.25) is 5.95 Å². The van der Waals surface area contributed by atoms with Gasteiger partial charge in [-0.15, -0.1) is 0 Å². The molecule has 2 aromatic carbocycles.